The number of fused-ring (bicyclic) bond motifs is 1. The Balaban J connectivity index is 2.34. The number of hydrogen-bond donors (Lipinski definition) is 0. The number of aryl methyl sites for hydroxylation is 1. The van der Waals surface area contributed by atoms with Crippen molar-refractivity contribution in [1.29, 1.82) is 0 Å². The summed E-state index contributed by atoms with van der Waals surface area (Å²) in [5, 5.41) is 0.595. The van der Waals surface area contributed by atoms with E-state index in [-0.39, 0.29) is 11.2 Å². The van der Waals surface area contributed by atoms with Crippen LogP contribution in [0.1, 0.15) is 18.1 Å². The van der Waals surface area contributed by atoms with Crippen LogP contribution in [-0.2, 0) is 6.42 Å². The maximum atomic E-state index is 13.1. The Morgan fingerprint density at radius 2 is 1.81 bits per heavy atom. The zero-order chi connectivity index (χ0) is 15.0. The first-order valence-corrected chi connectivity index (χ1v) is 6.92. The molecule has 0 aliphatic rings. The molecule has 2 aromatic carbocycles. The molecule has 3 heteroatoms. The second-order valence-electron chi connectivity index (χ2n) is 5.10. The van der Waals surface area contributed by atoms with Crippen LogP contribution in [0.4, 0.5) is 4.39 Å². The van der Waals surface area contributed by atoms with E-state index in [0.717, 1.165) is 5.56 Å². The summed E-state index contributed by atoms with van der Waals surface area (Å²) in [7, 11) is 0. The fourth-order valence-electron chi connectivity index (χ4n) is 2.50. The number of rotatable bonds is 2. The van der Waals surface area contributed by atoms with E-state index < -0.39 is 0 Å². The van der Waals surface area contributed by atoms with E-state index in [2.05, 4.69) is 0 Å². The second-order valence-corrected chi connectivity index (χ2v) is 5.10. The second kappa shape index (κ2) is 5.17. The molecule has 21 heavy (non-hydrogen) atoms. The standard InChI is InChI=1S/C18H15FO2/c1-3-14-17(20)15-10-11(2)4-9-16(15)21-18(14)12-5-7-13(19)8-6-12/h4-10H,3H2,1-2H3. The highest BCUT2D eigenvalue weighted by Crippen LogP contribution is 2.26. The smallest absolute Gasteiger partial charge is 0.196 e. The highest BCUT2D eigenvalue weighted by Gasteiger charge is 2.14. The quantitative estimate of drug-likeness (QED) is 0.694. The Labute approximate surface area is 121 Å². The van der Waals surface area contributed by atoms with Crippen LogP contribution in [0.3, 0.4) is 0 Å². The van der Waals surface area contributed by atoms with Gasteiger partial charge >= 0.3 is 0 Å². The molecule has 3 aromatic rings. The van der Waals surface area contributed by atoms with E-state index in [1.54, 1.807) is 18.2 Å². The van der Waals surface area contributed by atoms with Gasteiger partial charge in [0.05, 0.1) is 5.39 Å². The largest absolute Gasteiger partial charge is 0.456 e. The summed E-state index contributed by atoms with van der Waals surface area (Å²) in [5.41, 5.74) is 2.91. The summed E-state index contributed by atoms with van der Waals surface area (Å²) in [4.78, 5) is 12.6. The first kappa shape index (κ1) is 13.6. The molecule has 0 N–H and O–H groups in total. The lowest BCUT2D eigenvalue weighted by Crippen LogP contribution is -2.10. The van der Waals surface area contributed by atoms with Gasteiger partial charge in [-0.2, -0.15) is 0 Å². The van der Waals surface area contributed by atoms with Gasteiger partial charge in [0.25, 0.3) is 0 Å². The van der Waals surface area contributed by atoms with Crippen LogP contribution in [0.5, 0.6) is 0 Å². The molecule has 106 valence electrons. The van der Waals surface area contributed by atoms with Gasteiger partial charge in [-0.1, -0.05) is 18.6 Å². The maximum Gasteiger partial charge on any atom is 0.196 e. The maximum absolute atomic E-state index is 13.1. The third-order valence-corrected chi connectivity index (χ3v) is 3.60. The molecule has 0 aliphatic carbocycles. The van der Waals surface area contributed by atoms with E-state index in [1.165, 1.54) is 12.1 Å². The first-order valence-electron chi connectivity index (χ1n) is 6.92. The van der Waals surface area contributed by atoms with E-state index in [9.17, 15) is 9.18 Å². The van der Waals surface area contributed by atoms with Crippen molar-refractivity contribution in [3.05, 3.63) is 69.6 Å². The van der Waals surface area contributed by atoms with Crippen molar-refractivity contribution < 1.29 is 8.81 Å². The molecule has 0 saturated heterocycles. The Bertz CT molecular complexity index is 861. The lowest BCUT2D eigenvalue weighted by molar-refractivity contribution is 0.608. The third-order valence-electron chi connectivity index (χ3n) is 3.60. The number of halogens is 1. The molecule has 0 radical (unpaired) electrons. The van der Waals surface area contributed by atoms with E-state index >= 15 is 0 Å². The van der Waals surface area contributed by atoms with Gasteiger partial charge in [0.15, 0.2) is 5.43 Å². The van der Waals surface area contributed by atoms with Crippen LogP contribution in [0.25, 0.3) is 22.3 Å². The highest BCUT2D eigenvalue weighted by molar-refractivity contribution is 5.81. The monoisotopic (exact) mass is 282 g/mol. The van der Waals surface area contributed by atoms with E-state index in [1.807, 2.05) is 26.0 Å². The van der Waals surface area contributed by atoms with Crippen molar-refractivity contribution in [2.24, 2.45) is 0 Å². The van der Waals surface area contributed by atoms with Crippen LogP contribution in [0.15, 0.2) is 51.7 Å². The summed E-state index contributed by atoms with van der Waals surface area (Å²) in [6.07, 6.45) is 0.568. The molecule has 0 bridgehead atoms. The lowest BCUT2D eigenvalue weighted by Gasteiger charge is -2.09. The zero-order valence-electron chi connectivity index (χ0n) is 11.9. The van der Waals surface area contributed by atoms with Gasteiger partial charge < -0.3 is 4.42 Å². The average Bonchev–Trinajstić information content (AvgIpc) is 2.48. The van der Waals surface area contributed by atoms with Crippen LogP contribution in [0, 0.1) is 12.7 Å². The minimum absolute atomic E-state index is 0.0122. The van der Waals surface area contributed by atoms with Crippen molar-refractivity contribution in [3.8, 4) is 11.3 Å². The average molecular weight is 282 g/mol. The summed E-state index contributed by atoms with van der Waals surface area (Å²) in [6.45, 7) is 3.86. The summed E-state index contributed by atoms with van der Waals surface area (Å²) in [5.74, 6) is 0.217. The van der Waals surface area contributed by atoms with Crippen molar-refractivity contribution in [2.75, 3.05) is 0 Å². The summed E-state index contributed by atoms with van der Waals surface area (Å²) in [6, 6.07) is 11.6. The minimum atomic E-state index is -0.310. The molecule has 0 unspecified atom stereocenters. The molecule has 0 fully saturated rings. The first-order chi connectivity index (χ1) is 10.1. The predicted molar refractivity (Wildman–Crippen MR) is 82.0 cm³/mol. The minimum Gasteiger partial charge on any atom is -0.456 e. The van der Waals surface area contributed by atoms with E-state index in [4.69, 9.17) is 4.42 Å². The van der Waals surface area contributed by atoms with E-state index in [0.29, 0.717) is 34.3 Å². The fourth-order valence-corrected chi connectivity index (χ4v) is 2.50. The van der Waals surface area contributed by atoms with Gasteiger partial charge in [-0.25, -0.2) is 4.39 Å². The predicted octanol–water partition coefficient (Wildman–Crippen LogP) is 4.47. The molecule has 3 rings (SSSR count). The van der Waals surface area contributed by atoms with Crippen molar-refractivity contribution in [3.63, 3.8) is 0 Å². The third kappa shape index (κ3) is 2.35. The topological polar surface area (TPSA) is 30.2 Å². The molecule has 0 amide bonds. The van der Waals surface area contributed by atoms with Crippen LogP contribution < -0.4 is 5.43 Å². The van der Waals surface area contributed by atoms with Gasteiger partial charge in [-0.05, 0) is 49.7 Å². The molecule has 1 heterocycles. The summed E-state index contributed by atoms with van der Waals surface area (Å²) < 4.78 is 19.0. The Morgan fingerprint density at radius 3 is 2.48 bits per heavy atom. The number of benzene rings is 2. The van der Waals surface area contributed by atoms with Gasteiger partial charge in [-0.3, -0.25) is 4.79 Å². The fraction of sp³-hybridized carbons (Fsp3) is 0.167. The Hall–Kier alpha value is -2.42. The molecular formula is C18H15FO2. The van der Waals surface area contributed by atoms with Crippen LogP contribution in [-0.4, -0.2) is 0 Å². The number of hydrogen-bond acceptors (Lipinski definition) is 2. The lowest BCUT2D eigenvalue weighted by atomic mass is 10.0. The van der Waals surface area contributed by atoms with Gasteiger partial charge in [0.2, 0.25) is 0 Å². The molecule has 0 atom stereocenters. The molecule has 1 aromatic heterocycles. The molecule has 0 aliphatic heterocycles. The van der Waals surface area contributed by atoms with Crippen molar-refractivity contribution in [1.82, 2.24) is 0 Å². The van der Waals surface area contributed by atoms with Crippen LogP contribution in [0.2, 0.25) is 0 Å². The van der Waals surface area contributed by atoms with Gasteiger partial charge in [0.1, 0.15) is 17.2 Å². The Morgan fingerprint density at radius 1 is 1.10 bits per heavy atom. The van der Waals surface area contributed by atoms with Crippen molar-refractivity contribution in [2.45, 2.75) is 20.3 Å². The molecule has 2 nitrogen and oxygen atoms in total. The molecular weight excluding hydrogens is 267 g/mol. The molecule has 0 saturated carbocycles. The summed E-state index contributed by atoms with van der Waals surface area (Å²) >= 11 is 0. The normalized spacial score (nSPS) is 11.0. The van der Waals surface area contributed by atoms with Crippen molar-refractivity contribution >= 4 is 11.0 Å². The molecule has 0 spiro atoms. The van der Waals surface area contributed by atoms with Gasteiger partial charge in [0, 0.05) is 11.1 Å². The highest BCUT2D eigenvalue weighted by atomic mass is 19.1. The Kier molecular flexibility index (Phi) is 3.34. The SMILES string of the molecule is CCc1c(-c2ccc(F)cc2)oc2ccc(C)cc2c1=O. The van der Waals surface area contributed by atoms with Gasteiger partial charge in [-0.15, -0.1) is 0 Å². The zero-order valence-corrected chi connectivity index (χ0v) is 11.9. The van der Waals surface area contributed by atoms with Crippen LogP contribution >= 0.6 is 0 Å².